The third-order valence-corrected chi connectivity index (χ3v) is 3.42. The highest BCUT2D eigenvalue weighted by molar-refractivity contribution is 7.71. The van der Waals surface area contributed by atoms with Gasteiger partial charge in [-0.3, -0.25) is 0 Å². The van der Waals surface area contributed by atoms with Crippen LogP contribution in [0.3, 0.4) is 0 Å². The predicted octanol–water partition coefficient (Wildman–Crippen LogP) is 3.70. The van der Waals surface area contributed by atoms with Gasteiger partial charge in [0.25, 0.3) is 5.82 Å². The third kappa shape index (κ3) is 2.82. The Labute approximate surface area is 132 Å². The molecule has 1 heterocycles. The highest BCUT2D eigenvalue weighted by Crippen LogP contribution is 2.28. The first-order valence-corrected chi connectivity index (χ1v) is 6.78. The fourth-order valence-corrected chi connectivity index (χ4v) is 2.30. The standard InChI is InChI=1S/C14H9F3N4OS/c15-14(16,17)12-19-20-13(23)21(12)18-7-10-9-4-2-1-3-8(9)5-6-11(10)22/h1-7,22H,(H,20,23)/b18-7-. The summed E-state index contributed by atoms with van der Waals surface area (Å²) in [4.78, 5) is 0. The van der Waals surface area contributed by atoms with Crippen LogP contribution in [0, 0.1) is 4.77 Å². The average molecular weight is 338 g/mol. The predicted molar refractivity (Wildman–Crippen MR) is 81.0 cm³/mol. The molecule has 0 saturated heterocycles. The summed E-state index contributed by atoms with van der Waals surface area (Å²) in [6, 6.07) is 10.3. The quantitative estimate of drug-likeness (QED) is 0.553. The van der Waals surface area contributed by atoms with Crippen molar-refractivity contribution in [2.45, 2.75) is 6.18 Å². The minimum Gasteiger partial charge on any atom is -0.507 e. The van der Waals surface area contributed by atoms with E-state index >= 15 is 0 Å². The second-order valence-electron chi connectivity index (χ2n) is 4.63. The van der Waals surface area contributed by atoms with Crippen LogP contribution in [0.1, 0.15) is 11.4 Å². The molecule has 0 amide bonds. The van der Waals surface area contributed by atoms with Gasteiger partial charge in [-0.25, -0.2) is 5.10 Å². The van der Waals surface area contributed by atoms with Gasteiger partial charge in [-0.1, -0.05) is 30.3 Å². The van der Waals surface area contributed by atoms with Gasteiger partial charge < -0.3 is 5.11 Å². The first-order chi connectivity index (χ1) is 10.9. The lowest BCUT2D eigenvalue weighted by Crippen LogP contribution is -2.12. The van der Waals surface area contributed by atoms with E-state index in [9.17, 15) is 18.3 Å². The van der Waals surface area contributed by atoms with Gasteiger partial charge in [0.1, 0.15) is 5.75 Å². The van der Waals surface area contributed by atoms with Crippen molar-refractivity contribution in [2.24, 2.45) is 5.10 Å². The topological polar surface area (TPSA) is 66.2 Å². The molecule has 2 N–H and O–H groups in total. The third-order valence-electron chi connectivity index (χ3n) is 3.15. The molecule has 1 aromatic heterocycles. The molecule has 0 spiro atoms. The van der Waals surface area contributed by atoms with E-state index in [4.69, 9.17) is 12.2 Å². The number of fused-ring (bicyclic) bond motifs is 1. The molecule has 23 heavy (non-hydrogen) atoms. The second-order valence-corrected chi connectivity index (χ2v) is 5.01. The molecule has 0 atom stereocenters. The van der Waals surface area contributed by atoms with E-state index in [1.165, 1.54) is 6.07 Å². The van der Waals surface area contributed by atoms with Crippen molar-refractivity contribution < 1.29 is 18.3 Å². The summed E-state index contributed by atoms with van der Waals surface area (Å²) in [5.41, 5.74) is 0.291. The highest BCUT2D eigenvalue weighted by atomic mass is 32.1. The summed E-state index contributed by atoms with van der Waals surface area (Å²) >= 11 is 4.75. The SMILES string of the molecule is Oc1ccc2ccccc2c1/C=N\n1c(C(F)(F)F)n[nH]c1=S. The van der Waals surface area contributed by atoms with E-state index in [1.54, 1.807) is 18.2 Å². The molecular formula is C14H9F3N4OS. The van der Waals surface area contributed by atoms with Gasteiger partial charge >= 0.3 is 6.18 Å². The van der Waals surface area contributed by atoms with Crippen molar-refractivity contribution in [2.75, 3.05) is 0 Å². The number of benzene rings is 2. The zero-order valence-corrected chi connectivity index (χ0v) is 12.2. The zero-order chi connectivity index (χ0) is 16.6. The first-order valence-electron chi connectivity index (χ1n) is 6.37. The van der Waals surface area contributed by atoms with Crippen molar-refractivity contribution >= 4 is 29.2 Å². The lowest BCUT2D eigenvalue weighted by Gasteiger charge is -2.06. The van der Waals surface area contributed by atoms with Crippen LogP contribution >= 0.6 is 12.2 Å². The largest absolute Gasteiger partial charge is 0.507 e. The number of nitrogens with zero attached hydrogens (tertiary/aromatic N) is 3. The van der Waals surface area contributed by atoms with Gasteiger partial charge in [0.15, 0.2) is 0 Å². The van der Waals surface area contributed by atoms with E-state index in [1.807, 2.05) is 12.1 Å². The molecule has 0 radical (unpaired) electrons. The number of aromatic hydroxyl groups is 1. The van der Waals surface area contributed by atoms with Crippen molar-refractivity contribution in [3.8, 4) is 5.75 Å². The Bertz CT molecular complexity index is 959. The fourth-order valence-electron chi connectivity index (χ4n) is 2.12. The Morgan fingerprint density at radius 2 is 1.96 bits per heavy atom. The van der Waals surface area contributed by atoms with Crippen molar-refractivity contribution in [1.82, 2.24) is 14.9 Å². The molecule has 2 aromatic carbocycles. The van der Waals surface area contributed by atoms with E-state index in [0.717, 1.165) is 11.6 Å². The molecule has 0 aliphatic heterocycles. The minimum atomic E-state index is -4.70. The molecule has 0 saturated carbocycles. The number of H-pyrrole nitrogens is 1. The molecule has 0 aliphatic rings. The minimum absolute atomic E-state index is 0.101. The molecular weight excluding hydrogens is 329 g/mol. The average Bonchev–Trinajstić information content (AvgIpc) is 2.87. The number of alkyl halides is 3. The van der Waals surface area contributed by atoms with Gasteiger partial charge in [-0.05, 0) is 29.1 Å². The van der Waals surface area contributed by atoms with Crippen molar-refractivity contribution in [1.29, 1.82) is 0 Å². The van der Waals surface area contributed by atoms with E-state index in [0.29, 0.717) is 15.6 Å². The van der Waals surface area contributed by atoms with E-state index in [-0.39, 0.29) is 10.5 Å². The van der Waals surface area contributed by atoms with E-state index in [2.05, 4.69) is 15.3 Å². The maximum Gasteiger partial charge on any atom is 0.453 e. The lowest BCUT2D eigenvalue weighted by molar-refractivity contribution is -0.147. The number of rotatable bonds is 2. The normalized spacial score (nSPS) is 12.3. The summed E-state index contributed by atoms with van der Waals surface area (Å²) in [5.74, 6) is -1.37. The highest BCUT2D eigenvalue weighted by Gasteiger charge is 2.37. The lowest BCUT2D eigenvalue weighted by atomic mass is 10.0. The number of aromatic amines is 1. The Kier molecular flexibility index (Phi) is 3.64. The summed E-state index contributed by atoms with van der Waals surface area (Å²) in [6.45, 7) is 0. The number of hydrogen-bond donors (Lipinski definition) is 2. The Hall–Kier alpha value is -2.68. The maximum absolute atomic E-state index is 12.8. The van der Waals surface area contributed by atoms with Crippen LogP contribution in [0.4, 0.5) is 13.2 Å². The fraction of sp³-hybridized carbons (Fsp3) is 0.0714. The molecule has 118 valence electrons. The summed E-state index contributed by atoms with van der Waals surface area (Å²) < 4.78 is 38.7. The van der Waals surface area contributed by atoms with Crippen LogP contribution in [-0.2, 0) is 6.18 Å². The number of halogens is 3. The van der Waals surface area contributed by atoms with Gasteiger partial charge in [0.05, 0.1) is 6.21 Å². The molecule has 3 rings (SSSR count). The maximum atomic E-state index is 12.8. The first kappa shape index (κ1) is 15.2. The molecule has 0 bridgehead atoms. The molecule has 5 nitrogen and oxygen atoms in total. The molecule has 3 aromatic rings. The summed E-state index contributed by atoms with van der Waals surface area (Å²) in [6.07, 6.45) is -3.58. The monoisotopic (exact) mass is 338 g/mol. The number of phenolic OH excluding ortho intramolecular Hbond substituents is 1. The number of hydrogen-bond acceptors (Lipinski definition) is 4. The number of phenols is 1. The number of aromatic nitrogens is 3. The zero-order valence-electron chi connectivity index (χ0n) is 11.4. The van der Waals surface area contributed by atoms with Crippen molar-refractivity contribution in [3.05, 3.63) is 52.6 Å². The Morgan fingerprint density at radius 3 is 2.70 bits per heavy atom. The summed E-state index contributed by atoms with van der Waals surface area (Å²) in [5, 5.41) is 20.3. The second kappa shape index (κ2) is 5.51. The molecule has 0 aliphatic carbocycles. The molecule has 0 unspecified atom stereocenters. The molecule has 0 fully saturated rings. The van der Waals surface area contributed by atoms with Crippen LogP contribution in [-0.4, -0.2) is 26.2 Å². The van der Waals surface area contributed by atoms with Crippen LogP contribution in [0.15, 0.2) is 41.5 Å². The van der Waals surface area contributed by atoms with Gasteiger partial charge in [0, 0.05) is 5.56 Å². The smallest absolute Gasteiger partial charge is 0.453 e. The summed E-state index contributed by atoms with van der Waals surface area (Å²) in [7, 11) is 0. The Morgan fingerprint density at radius 1 is 1.22 bits per heavy atom. The van der Waals surface area contributed by atoms with Crippen molar-refractivity contribution in [3.63, 3.8) is 0 Å². The van der Waals surface area contributed by atoms with Gasteiger partial charge in [-0.2, -0.15) is 22.9 Å². The van der Waals surface area contributed by atoms with Gasteiger partial charge in [0.2, 0.25) is 4.77 Å². The Balaban J connectivity index is 2.14. The van der Waals surface area contributed by atoms with Crippen LogP contribution in [0.25, 0.3) is 10.8 Å². The molecule has 9 heteroatoms. The van der Waals surface area contributed by atoms with E-state index < -0.39 is 12.0 Å². The van der Waals surface area contributed by atoms with Crippen LogP contribution in [0.5, 0.6) is 5.75 Å². The van der Waals surface area contributed by atoms with Crippen LogP contribution in [0.2, 0.25) is 0 Å². The van der Waals surface area contributed by atoms with Crippen LogP contribution < -0.4 is 0 Å². The number of nitrogens with one attached hydrogen (secondary N) is 1. The van der Waals surface area contributed by atoms with Gasteiger partial charge in [-0.15, -0.1) is 5.10 Å².